The molecular weight excluding hydrogens is 1150 g/mol. The second-order valence-electron chi connectivity index (χ2n) is 21.1. The standard InChI is InChI=1S/C72H48N3O13P/c1-80-43-22-28-58-52(31-43)55(67(73-58)40-13-7-4-8-14-40)37-64-70(76)49-25-19-46(34-61(49)83-64)86-89(79,87-47-20-26-50-62(35-47)84-65(71(50)77)38-56-53-32-44(81-2)23-29-59(53)74-68(56)41-15-9-5-10-16-41)88-48-21-27-51-63(36-48)85-66(72(51)78)39-57-54-33-45(82-3)24-30-60(54)75-69(57)42-17-11-6-12-18-42/h4-39,73-75H,1-3H3/b64-37-,65-38-,66-39-. The summed E-state index contributed by atoms with van der Waals surface area (Å²) in [5.41, 5.74) is 10.1. The lowest BCUT2D eigenvalue weighted by molar-refractivity contribution is 0.101. The van der Waals surface area contributed by atoms with Crippen LogP contribution in [0.25, 0.3) is 84.7 Å². The van der Waals surface area contributed by atoms with Gasteiger partial charge in [-0.1, -0.05) is 91.0 Å². The number of phosphoric ester groups is 1. The number of nitrogens with one attached hydrogen (secondary N) is 3. The molecule has 0 bridgehead atoms. The SMILES string of the molecule is COc1ccc2[nH]c(-c3ccccc3)c(/C=C3\Oc4cc(OP(=O)(Oc5ccc6c(c5)O/C(=C\c5c(-c7ccccc7)[nH]c7ccc(OC)cc57)C6=O)Oc5ccc6c(c5)O/C(=C\c5c(-c7ccccc7)[nH]c7ccc(OC)cc57)C6=O)ccc4C3=O)c2c1. The average molecular weight is 1190 g/mol. The molecule has 0 aliphatic carbocycles. The van der Waals surface area contributed by atoms with E-state index in [1.54, 1.807) is 39.6 Å². The van der Waals surface area contributed by atoms with Crippen molar-refractivity contribution in [1.29, 1.82) is 0 Å². The Kier molecular flexibility index (Phi) is 13.1. The van der Waals surface area contributed by atoms with E-state index in [0.29, 0.717) is 33.9 Å². The number of allylic oxidation sites excluding steroid dienone is 3. The van der Waals surface area contributed by atoms with Gasteiger partial charge in [0.1, 0.15) is 51.7 Å². The number of fused-ring (bicyclic) bond motifs is 6. The van der Waals surface area contributed by atoms with Gasteiger partial charge >= 0.3 is 7.82 Å². The van der Waals surface area contributed by atoms with Crippen molar-refractivity contribution in [3.63, 3.8) is 0 Å². The highest BCUT2D eigenvalue weighted by atomic mass is 31.2. The third-order valence-corrected chi connectivity index (χ3v) is 17.0. The molecule has 0 spiro atoms. The first kappa shape index (κ1) is 53.9. The van der Waals surface area contributed by atoms with Gasteiger partial charge in [0.25, 0.3) is 0 Å². The smallest absolute Gasteiger partial charge is 0.497 e. The fourth-order valence-corrected chi connectivity index (χ4v) is 12.6. The van der Waals surface area contributed by atoms with Gasteiger partial charge in [-0.15, -0.1) is 0 Å². The van der Waals surface area contributed by atoms with Crippen LogP contribution in [0.4, 0.5) is 0 Å². The van der Waals surface area contributed by atoms with Crippen LogP contribution in [0.3, 0.4) is 0 Å². The lowest BCUT2D eigenvalue weighted by Crippen LogP contribution is -2.08. The van der Waals surface area contributed by atoms with E-state index < -0.39 is 25.2 Å². The number of rotatable bonds is 15. The summed E-state index contributed by atoms with van der Waals surface area (Å²) in [6, 6.07) is 59.2. The number of hydrogen-bond acceptors (Lipinski definition) is 13. The summed E-state index contributed by atoms with van der Waals surface area (Å²) >= 11 is 0. The van der Waals surface area contributed by atoms with Gasteiger partial charge in [0.2, 0.25) is 17.3 Å². The van der Waals surface area contributed by atoms with E-state index in [1.807, 2.05) is 146 Å². The number of aromatic amines is 3. The van der Waals surface area contributed by atoms with Crippen LogP contribution in [-0.2, 0) is 4.57 Å². The molecule has 89 heavy (non-hydrogen) atoms. The average Bonchev–Trinajstić information content (AvgIpc) is 2.42. The Hall–Kier alpha value is -11.7. The summed E-state index contributed by atoms with van der Waals surface area (Å²) in [6.45, 7) is 0. The van der Waals surface area contributed by atoms with Crippen molar-refractivity contribution in [2.45, 2.75) is 0 Å². The van der Waals surface area contributed by atoms with Crippen LogP contribution in [0.1, 0.15) is 47.8 Å². The lowest BCUT2D eigenvalue weighted by atomic mass is 10.0. The molecular formula is C72H48N3O13P. The molecule has 3 aliphatic rings. The lowest BCUT2D eigenvalue weighted by Gasteiger charge is -2.20. The fraction of sp³-hybridized carbons (Fsp3) is 0.0417. The molecule has 0 radical (unpaired) electrons. The predicted octanol–water partition coefficient (Wildman–Crippen LogP) is 16.7. The summed E-state index contributed by atoms with van der Waals surface area (Å²) in [5, 5.41) is 2.39. The zero-order valence-electron chi connectivity index (χ0n) is 47.5. The van der Waals surface area contributed by atoms with E-state index in [4.69, 9.17) is 42.0 Å². The van der Waals surface area contributed by atoms with E-state index in [0.717, 1.165) is 66.5 Å². The maximum atomic E-state index is 15.6. The van der Waals surface area contributed by atoms with Gasteiger partial charge in [0, 0.05) is 67.6 Å². The molecule has 0 amide bonds. The molecule has 0 saturated heterocycles. The quantitative estimate of drug-likeness (QED) is 0.0648. The van der Waals surface area contributed by atoms with Crippen molar-refractivity contribution in [3.8, 4) is 85.5 Å². The Morgan fingerprint density at radius 3 is 0.910 bits per heavy atom. The van der Waals surface area contributed by atoms with Gasteiger partial charge in [-0.3, -0.25) is 14.4 Å². The molecule has 0 unspecified atom stereocenters. The third-order valence-electron chi connectivity index (χ3n) is 15.7. The van der Waals surface area contributed by atoms with Gasteiger partial charge in [-0.05, 0) is 126 Å². The van der Waals surface area contributed by atoms with Crippen molar-refractivity contribution in [1.82, 2.24) is 15.0 Å². The number of H-pyrrole nitrogens is 3. The molecule has 15 rings (SSSR count). The van der Waals surface area contributed by atoms with E-state index >= 15 is 4.57 Å². The molecule has 3 aliphatic heterocycles. The largest absolute Gasteiger partial charge is 0.647 e. The first-order chi connectivity index (χ1) is 43.5. The molecule has 17 heteroatoms. The van der Waals surface area contributed by atoms with Gasteiger partial charge in [-0.2, -0.15) is 4.57 Å². The normalized spacial score (nSPS) is 14.7. The van der Waals surface area contributed by atoms with Crippen molar-refractivity contribution >= 4 is 76.1 Å². The molecule has 6 heterocycles. The van der Waals surface area contributed by atoms with Crippen LogP contribution in [0.5, 0.6) is 51.7 Å². The minimum absolute atomic E-state index is 0.0253. The Morgan fingerprint density at radius 2 is 0.629 bits per heavy atom. The number of phosphoric acid groups is 1. The highest BCUT2D eigenvalue weighted by Gasteiger charge is 2.38. The van der Waals surface area contributed by atoms with Crippen LogP contribution >= 0.6 is 7.82 Å². The van der Waals surface area contributed by atoms with Crippen molar-refractivity contribution < 1.29 is 60.9 Å². The van der Waals surface area contributed by atoms with Gasteiger partial charge < -0.3 is 56.9 Å². The molecule has 0 saturated carbocycles. The summed E-state index contributed by atoms with van der Waals surface area (Å²) < 4.78 is 70.2. The number of aromatic nitrogens is 3. The molecule has 3 N–H and O–H groups in total. The molecule has 3 aromatic heterocycles. The fourth-order valence-electron chi connectivity index (χ4n) is 11.4. The predicted molar refractivity (Wildman–Crippen MR) is 338 cm³/mol. The Labute approximate surface area is 507 Å². The van der Waals surface area contributed by atoms with Crippen molar-refractivity contribution in [2.24, 2.45) is 0 Å². The maximum absolute atomic E-state index is 15.6. The maximum Gasteiger partial charge on any atom is 0.647 e. The molecule has 0 fully saturated rings. The summed E-state index contributed by atoms with van der Waals surface area (Å²) in [4.78, 5) is 53.2. The number of carbonyl (C=O) groups is 3. The number of benzene rings is 9. The van der Waals surface area contributed by atoms with Crippen LogP contribution in [0.15, 0.2) is 217 Å². The number of carbonyl (C=O) groups excluding carboxylic acids is 3. The molecule has 9 aromatic carbocycles. The topological polar surface area (TPSA) is 199 Å². The summed E-state index contributed by atoms with van der Waals surface area (Å²) in [5.74, 6) is 0.907. The van der Waals surface area contributed by atoms with Crippen molar-refractivity contribution in [2.75, 3.05) is 21.3 Å². The highest BCUT2D eigenvalue weighted by Crippen LogP contribution is 2.53. The van der Waals surface area contributed by atoms with Crippen LogP contribution in [0, 0.1) is 0 Å². The van der Waals surface area contributed by atoms with Gasteiger partial charge in [0.05, 0.1) is 55.1 Å². The van der Waals surface area contributed by atoms with Gasteiger partial charge in [-0.25, -0.2) is 0 Å². The summed E-state index contributed by atoms with van der Waals surface area (Å²) in [7, 11) is -0.171. The minimum Gasteiger partial charge on any atom is -0.497 e. The Balaban J connectivity index is 0.770. The first-order valence-corrected chi connectivity index (χ1v) is 29.6. The number of Topliss-reactive ketones (excluding diaryl/α,β-unsaturated/α-hetero) is 3. The van der Waals surface area contributed by atoms with E-state index in [9.17, 15) is 14.4 Å². The molecule has 16 nitrogen and oxygen atoms in total. The van der Waals surface area contributed by atoms with E-state index in [1.165, 1.54) is 54.6 Å². The molecule has 12 aromatic rings. The highest BCUT2D eigenvalue weighted by molar-refractivity contribution is 7.49. The van der Waals surface area contributed by atoms with Crippen LogP contribution < -0.4 is 42.0 Å². The third kappa shape index (κ3) is 9.79. The monoisotopic (exact) mass is 1190 g/mol. The zero-order chi connectivity index (χ0) is 60.5. The van der Waals surface area contributed by atoms with Crippen molar-refractivity contribution in [3.05, 3.63) is 251 Å². The minimum atomic E-state index is -4.93. The van der Waals surface area contributed by atoms with Crippen LogP contribution in [0.2, 0.25) is 0 Å². The second kappa shape index (κ2) is 21.6. The zero-order valence-corrected chi connectivity index (χ0v) is 48.4. The van der Waals surface area contributed by atoms with E-state index in [2.05, 4.69) is 15.0 Å². The first-order valence-electron chi connectivity index (χ1n) is 28.2. The molecule has 0 atom stereocenters. The van der Waals surface area contributed by atoms with Crippen LogP contribution in [-0.4, -0.2) is 53.6 Å². The summed E-state index contributed by atoms with van der Waals surface area (Å²) in [6.07, 6.45) is 5.05. The Morgan fingerprint density at radius 1 is 0.348 bits per heavy atom. The number of methoxy groups -OCH3 is 3. The Bertz CT molecular complexity index is 4580. The molecule has 434 valence electrons. The van der Waals surface area contributed by atoms with Gasteiger partial charge in [0.15, 0.2) is 17.3 Å². The number of hydrogen-bond donors (Lipinski definition) is 3. The van der Waals surface area contributed by atoms with E-state index in [-0.39, 0.29) is 68.5 Å². The number of ether oxygens (including phenoxy) is 6. The second-order valence-corrected chi connectivity index (χ2v) is 22.5. The number of ketones is 3.